The Labute approximate surface area is 197 Å². The van der Waals surface area contributed by atoms with Gasteiger partial charge in [-0.25, -0.2) is 10.4 Å². The summed E-state index contributed by atoms with van der Waals surface area (Å²) in [5.74, 6) is -0.478. The molecule has 1 amide bonds. The number of nitrogens with one attached hydrogen (secondary N) is 1. The zero-order valence-corrected chi connectivity index (χ0v) is 18.7. The minimum absolute atomic E-state index is 0.101. The average molecular weight is 474 g/mol. The van der Waals surface area contributed by atoms with E-state index in [-0.39, 0.29) is 16.8 Å². The molecule has 4 aromatic rings. The molecule has 170 valence electrons. The third kappa shape index (κ3) is 3.99. The molecule has 0 spiro atoms. The molecular formula is C24H19N5O4S. The number of para-hydroxylation sites is 1. The Kier molecular flexibility index (Phi) is 5.72. The minimum Gasteiger partial charge on any atom is -0.268 e. The molecule has 0 radical (unpaired) electrons. The van der Waals surface area contributed by atoms with Gasteiger partial charge in [0.05, 0.1) is 27.8 Å². The van der Waals surface area contributed by atoms with Crippen LogP contribution < -0.4 is 11.0 Å². The molecule has 0 fully saturated rings. The quantitative estimate of drug-likeness (QED) is 0.267. The predicted octanol–water partition coefficient (Wildman–Crippen LogP) is 4.00. The molecule has 2 aromatic heterocycles. The Balaban J connectivity index is 1.35. The van der Waals surface area contributed by atoms with Crippen LogP contribution in [0.15, 0.2) is 64.8 Å². The van der Waals surface area contributed by atoms with Gasteiger partial charge in [-0.15, -0.1) is 11.3 Å². The molecule has 34 heavy (non-hydrogen) atoms. The minimum atomic E-state index is -0.512. The molecule has 2 aromatic carbocycles. The van der Waals surface area contributed by atoms with Crippen LogP contribution in [0.4, 0.5) is 5.69 Å². The maximum Gasteiger partial charge on any atom is 0.278 e. The van der Waals surface area contributed by atoms with E-state index in [2.05, 4.69) is 15.5 Å². The molecule has 10 heteroatoms. The number of amides is 1. The number of aryl methyl sites for hydroxylation is 2. The molecule has 1 aliphatic rings. The molecule has 2 heterocycles. The second-order valence-corrected chi connectivity index (χ2v) is 8.96. The highest BCUT2D eigenvalue weighted by Crippen LogP contribution is 2.33. The normalized spacial score (nSPS) is 13.2. The summed E-state index contributed by atoms with van der Waals surface area (Å²) >= 11 is 1.60. The van der Waals surface area contributed by atoms with Crippen molar-refractivity contribution in [1.82, 2.24) is 15.0 Å². The summed E-state index contributed by atoms with van der Waals surface area (Å²) in [6.07, 6.45) is 6.88. The molecule has 0 bridgehead atoms. The van der Waals surface area contributed by atoms with Crippen molar-refractivity contribution in [2.24, 2.45) is 5.10 Å². The largest absolute Gasteiger partial charge is 0.278 e. The number of fused-ring (bicyclic) bond motifs is 3. The van der Waals surface area contributed by atoms with E-state index in [0.717, 1.165) is 36.1 Å². The number of carbonyl (C=O) groups is 1. The first-order valence-corrected chi connectivity index (χ1v) is 11.5. The molecule has 0 saturated carbocycles. The van der Waals surface area contributed by atoms with E-state index in [1.165, 1.54) is 34.1 Å². The number of aromatic nitrogens is 2. The van der Waals surface area contributed by atoms with Gasteiger partial charge in [-0.2, -0.15) is 5.10 Å². The van der Waals surface area contributed by atoms with Crippen molar-refractivity contribution in [2.45, 2.75) is 25.7 Å². The summed E-state index contributed by atoms with van der Waals surface area (Å²) in [5.41, 5.74) is 4.51. The van der Waals surface area contributed by atoms with E-state index in [1.807, 2.05) is 0 Å². The number of hydrogen-bond donors (Lipinski definition) is 1. The number of benzene rings is 2. The highest BCUT2D eigenvalue weighted by molar-refractivity contribution is 7.18. The third-order valence-electron chi connectivity index (χ3n) is 5.79. The smallest absolute Gasteiger partial charge is 0.268 e. The van der Waals surface area contributed by atoms with Crippen LogP contribution in [-0.4, -0.2) is 26.6 Å². The number of nitro groups is 1. The van der Waals surface area contributed by atoms with Gasteiger partial charge in [-0.1, -0.05) is 12.1 Å². The van der Waals surface area contributed by atoms with E-state index in [9.17, 15) is 19.7 Å². The zero-order valence-electron chi connectivity index (χ0n) is 17.9. The van der Waals surface area contributed by atoms with Crippen molar-refractivity contribution in [3.63, 3.8) is 0 Å². The topological polar surface area (TPSA) is 119 Å². The van der Waals surface area contributed by atoms with Crippen molar-refractivity contribution in [2.75, 3.05) is 0 Å². The van der Waals surface area contributed by atoms with Crippen LogP contribution in [0, 0.1) is 10.1 Å². The number of nitrogens with zero attached hydrogens (tertiary/aromatic N) is 4. The number of nitro benzene ring substituents is 1. The fourth-order valence-electron chi connectivity index (χ4n) is 4.09. The Hall–Kier alpha value is -4.18. The lowest BCUT2D eigenvalue weighted by Gasteiger charge is -2.10. The first-order valence-electron chi connectivity index (χ1n) is 10.7. The van der Waals surface area contributed by atoms with E-state index >= 15 is 0 Å². The summed E-state index contributed by atoms with van der Waals surface area (Å²) < 4.78 is 1.50. The van der Waals surface area contributed by atoms with Gasteiger partial charge >= 0.3 is 0 Å². The summed E-state index contributed by atoms with van der Waals surface area (Å²) in [6.45, 7) is 0. The van der Waals surface area contributed by atoms with Gasteiger partial charge in [-0.05, 0) is 61.6 Å². The Morgan fingerprint density at radius 1 is 1.15 bits per heavy atom. The molecule has 5 rings (SSSR count). The maximum atomic E-state index is 13.2. The molecule has 0 saturated heterocycles. The maximum absolute atomic E-state index is 13.2. The Bertz CT molecular complexity index is 1500. The van der Waals surface area contributed by atoms with Crippen molar-refractivity contribution in [3.8, 4) is 5.69 Å². The molecule has 0 aliphatic heterocycles. The fourth-order valence-corrected chi connectivity index (χ4v) is 5.31. The number of hydrogen-bond acceptors (Lipinski definition) is 7. The lowest BCUT2D eigenvalue weighted by atomic mass is 9.97. The second-order valence-electron chi connectivity index (χ2n) is 7.87. The first kappa shape index (κ1) is 21.7. The molecule has 0 atom stereocenters. The molecule has 9 nitrogen and oxygen atoms in total. The monoisotopic (exact) mass is 473 g/mol. The highest BCUT2D eigenvalue weighted by atomic mass is 32.1. The fraction of sp³-hybridized carbons (Fsp3) is 0.167. The predicted molar refractivity (Wildman–Crippen MR) is 130 cm³/mol. The van der Waals surface area contributed by atoms with Gasteiger partial charge in [0.15, 0.2) is 0 Å². The summed E-state index contributed by atoms with van der Waals surface area (Å²) in [6, 6.07) is 12.6. The van der Waals surface area contributed by atoms with Gasteiger partial charge in [0.25, 0.3) is 17.2 Å². The van der Waals surface area contributed by atoms with E-state index in [0.29, 0.717) is 16.6 Å². The van der Waals surface area contributed by atoms with Crippen LogP contribution in [0.1, 0.15) is 39.2 Å². The van der Waals surface area contributed by atoms with Crippen LogP contribution in [-0.2, 0) is 12.8 Å². The van der Waals surface area contributed by atoms with Crippen molar-refractivity contribution >= 4 is 39.4 Å². The molecule has 0 unspecified atom stereocenters. The number of carbonyl (C=O) groups excluding carboxylic acids is 1. The van der Waals surface area contributed by atoms with Crippen molar-refractivity contribution in [3.05, 3.63) is 96.9 Å². The summed E-state index contributed by atoms with van der Waals surface area (Å²) in [4.78, 5) is 42.7. The van der Waals surface area contributed by atoms with Gasteiger partial charge in [0.2, 0.25) is 0 Å². The van der Waals surface area contributed by atoms with Crippen LogP contribution in [0.5, 0.6) is 0 Å². The van der Waals surface area contributed by atoms with Crippen LogP contribution >= 0.6 is 11.3 Å². The summed E-state index contributed by atoms with van der Waals surface area (Å²) in [5, 5.41) is 15.6. The Morgan fingerprint density at radius 2 is 1.91 bits per heavy atom. The zero-order chi connectivity index (χ0) is 23.7. The average Bonchev–Trinajstić information content (AvgIpc) is 3.24. The number of rotatable bonds is 5. The Morgan fingerprint density at radius 3 is 2.71 bits per heavy atom. The van der Waals surface area contributed by atoms with Crippen LogP contribution in [0.2, 0.25) is 0 Å². The van der Waals surface area contributed by atoms with Gasteiger partial charge in [0.1, 0.15) is 11.2 Å². The third-order valence-corrected chi connectivity index (χ3v) is 6.99. The number of hydrazone groups is 1. The van der Waals surface area contributed by atoms with Crippen molar-refractivity contribution in [1.29, 1.82) is 0 Å². The van der Waals surface area contributed by atoms with E-state index in [4.69, 9.17) is 0 Å². The van der Waals surface area contributed by atoms with Gasteiger partial charge in [-0.3, -0.25) is 24.3 Å². The van der Waals surface area contributed by atoms with Gasteiger partial charge in [0, 0.05) is 16.5 Å². The standard InChI is InChI=1S/C24H19N5O4S/c30-22(27-26-13-16-5-1-3-7-19(16)29(32)33)15-9-11-17(12-10-15)28-14-25-23-21(24(28)31)18-6-2-4-8-20(18)34-23/h1,3,5,7,9-14H,2,4,6,8H2,(H,27,30)/b26-13-. The highest BCUT2D eigenvalue weighted by Gasteiger charge is 2.20. The van der Waals surface area contributed by atoms with E-state index < -0.39 is 10.8 Å². The second kappa shape index (κ2) is 8.99. The van der Waals surface area contributed by atoms with Crippen LogP contribution in [0.25, 0.3) is 15.9 Å². The SMILES string of the molecule is O=C(N/N=C\c1ccccc1[N+](=O)[O-])c1ccc(-n2cnc3sc4c(c3c2=O)CCCC4)cc1. The molecule has 1 aliphatic carbocycles. The first-order chi connectivity index (χ1) is 16.5. The lowest BCUT2D eigenvalue weighted by molar-refractivity contribution is -0.385. The molecule has 1 N–H and O–H groups in total. The van der Waals surface area contributed by atoms with Gasteiger partial charge < -0.3 is 0 Å². The number of thiophene rings is 1. The van der Waals surface area contributed by atoms with E-state index in [1.54, 1.807) is 47.7 Å². The lowest BCUT2D eigenvalue weighted by Crippen LogP contribution is -2.20. The molecular weight excluding hydrogens is 454 g/mol. The summed E-state index contributed by atoms with van der Waals surface area (Å²) in [7, 11) is 0. The van der Waals surface area contributed by atoms with Crippen molar-refractivity contribution < 1.29 is 9.72 Å². The van der Waals surface area contributed by atoms with Crippen LogP contribution in [0.3, 0.4) is 0 Å².